The summed E-state index contributed by atoms with van der Waals surface area (Å²) in [5, 5.41) is 11.5. The monoisotopic (exact) mass is 684 g/mol. The van der Waals surface area contributed by atoms with E-state index in [1.54, 1.807) is 28.6 Å². The van der Waals surface area contributed by atoms with Crippen molar-refractivity contribution in [1.82, 2.24) is 10.2 Å². The highest BCUT2D eigenvalue weighted by atomic mass is 33.1. The predicted molar refractivity (Wildman–Crippen MR) is 194 cm³/mol. The molecule has 2 atom stereocenters. The number of alkyl carbamates (subject to hydrolysis) is 1. The minimum Gasteiger partial charge on any atom is -0.464 e. The maximum absolute atomic E-state index is 13.3. The highest BCUT2D eigenvalue weighted by molar-refractivity contribution is 8.77. The lowest BCUT2D eigenvalue weighted by Gasteiger charge is -2.39. The van der Waals surface area contributed by atoms with Gasteiger partial charge in [0.15, 0.2) is 0 Å². The summed E-state index contributed by atoms with van der Waals surface area (Å²) in [6, 6.07) is 16.1. The molecule has 0 radical (unpaired) electrons. The Morgan fingerprint density at radius 2 is 1.66 bits per heavy atom. The zero-order valence-corrected chi connectivity index (χ0v) is 31.3. The van der Waals surface area contributed by atoms with E-state index in [9.17, 15) is 9.59 Å². The molecule has 0 aromatic heterocycles. The molecule has 2 aromatic carbocycles. The van der Waals surface area contributed by atoms with Gasteiger partial charge in [0.1, 0.15) is 18.4 Å². The molecule has 2 unspecified atom stereocenters. The first-order valence-corrected chi connectivity index (χ1v) is 18.3. The second-order valence-electron chi connectivity index (χ2n) is 13.7. The minimum atomic E-state index is -0.615. The molecule has 1 aliphatic carbocycles. The van der Waals surface area contributed by atoms with Crippen LogP contribution in [0.5, 0.6) is 0 Å². The zero-order valence-electron chi connectivity index (χ0n) is 29.6. The molecule has 0 saturated carbocycles. The topological polar surface area (TPSA) is 102 Å². The largest absolute Gasteiger partial charge is 0.464 e. The number of carbonyl (C=O) groups is 2. The van der Waals surface area contributed by atoms with Crippen molar-refractivity contribution < 1.29 is 23.8 Å². The van der Waals surface area contributed by atoms with Crippen LogP contribution in [0.2, 0.25) is 0 Å². The van der Waals surface area contributed by atoms with Gasteiger partial charge in [0.05, 0.1) is 17.7 Å². The number of hydrogen-bond donors (Lipinski definition) is 1. The average molecular weight is 685 g/mol. The maximum Gasteiger partial charge on any atom is 0.407 e. The van der Waals surface area contributed by atoms with Crippen LogP contribution in [0.4, 0.5) is 4.79 Å². The van der Waals surface area contributed by atoms with Crippen LogP contribution in [0, 0.1) is 5.41 Å². The van der Waals surface area contributed by atoms with E-state index < -0.39 is 23.3 Å². The van der Waals surface area contributed by atoms with Gasteiger partial charge < -0.3 is 19.5 Å². The lowest BCUT2D eigenvalue weighted by molar-refractivity contribution is -0.152. The van der Waals surface area contributed by atoms with Crippen LogP contribution in [0.3, 0.4) is 0 Å². The fraction of sp³-hybridized carbons (Fsp3) is 0.556. The third-order valence-electron chi connectivity index (χ3n) is 8.03. The van der Waals surface area contributed by atoms with E-state index in [1.165, 1.54) is 0 Å². The van der Waals surface area contributed by atoms with Crippen molar-refractivity contribution in [3.05, 3.63) is 70.8 Å². The van der Waals surface area contributed by atoms with Crippen molar-refractivity contribution in [3.63, 3.8) is 0 Å². The first-order valence-electron chi connectivity index (χ1n) is 16.0. The number of benzene rings is 2. The van der Waals surface area contributed by atoms with E-state index in [0.29, 0.717) is 38.4 Å². The van der Waals surface area contributed by atoms with Crippen molar-refractivity contribution in [1.29, 1.82) is 0 Å². The number of rotatable bonds is 14. The Hall–Kier alpha value is -2.86. The minimum absolute atomic E-state index is 0.185. The Morgan fingerprint density at radius 3 is 2.32 bits per heavy atom. The highest BCUT2D eigenvalue weighted by Crippen LogP contribution is 2.40. The summed E-state index contributed by atoms with van der Waals surface area (Å²) in [5.74, 6) is 0.510. The molecule has 1 N–H and O–H groups in total. The van der Waals surface area contributed by atoms with Crippen LogP contribution in [-0.4, -0.2) is 74.1 Å². The molecular formula is C36H52N4O5S2. The summed E-state index contributed by atoms with van der Waals surface area (Å²) in [4.78, 5) is 27.3. The fourth-order valence-corrected chi connectivity index (χ4v) is 7.17. The number of ether oxygens (including phenoxy) is 3. The van der Waals surface area contributed by atoms with Crippen LogP contribution >= 0.6 is 21.6 Å². The van der Waals surface area contributed by atoms with E-state index >= 15 is 0 Å². The van der Waals surface area contributed by atoms with Crippen molar-refractivity contribution in [3.8, 4) is 0 Å². The van der Waals surface area contributed by atoms with Crippen molar-refractivity contribution in [2.75, 3.05) is 46.7 Å². The summed E-state index contributed by atoms with van der Waals surface area (Å²) in [7, 11) is 9.00. The van der Waals surface area contributed by atoms with Gasteiger partial charge >= 0.3 is 12.1 Å². The number of nitrogens with zero attached hydrogens (tertiary/aromatic N) is 3. The third-order valence-corrected chi connectivity index (χ3v) is 11.3. The number of carbonyl (C=O) groups excluding carboxylic acids is 2. The van der Waals surface area contributed by atoms with Gasteiger partial charge in [-0.05, 0) is 79.3 Å². The van der Waals surface area contributed by atoms with Gasteiger partial charge in [-0.3, -0.25) is 9.69 Å². The quantitative estimate of drug-likeness (QED) is 0.0696. The van der Waals surface area contributed by atoms with Gasteiger partial charge in [0.25, 0.3) is 0 Å². The Kier molecular flexibility index (Phi) is 14.0. The van der Waals surface area contributed by atoms with Gasteiger partial charge in [0.2, 0.25) is 0 Å². The van der Waals surface area contributed by atoms with E-state index in [-0.39, 0.29) is 10.7 Å². The number of amides is 1. The van der Waals surface area contributed by atoms with Crippen molar-refractivity contribution in [2.24, 2.45) is 15.6 Å². The second kappa shape index (κ2) is 17.0. The molecule has 2 aromatic rings. The van der Waals surface area contributed by atoms with E-state index in [0.717, 1.165) is 33.5 Å². The average Bonchev–Trinajstić information content (AvgIpc) is 3.01. The lowest BCUT2D eigenvalue weighted by atomic mass is 9.86. The van der Waals surface area contributed by atoms with Crippen LogP contribution in [-0.2, 0) is 25.4 Å². The number of fused-ring (bicyclic) bond motifs is 2. The Labute approximate surface area is 289 Å². The molecule has 11 heteroatoms. The summed E-state index contributed by atoms with van der Waals surface area (Å²) in [6.45, 7) is 15.1. The second-order valence-corrected chi connectivity index (χ2v) is 16.8. The number of azo groups is 1. The van der Waals surface area contributed by atoms with Crippen molar-refractivity contribution in [2.45, 2.75) is 77.9 Å². The number of allylic oxidation sites excluding steroid dienone is 1. The molecule has 0 spiro atoms. The first-order chi connectivity index (χ1) is 22.1. The van der Waals surface area contributed by atoms with Crippen LogP contribution in [0.15, 0.2) is 58.8 Å². The van der Waals surface area contributed by atoms with Gasteiger partial charge in [-0.25, -0.2) is 4.79 Å². The molecule has 0 heterocycles. The molecule has 47 heavy (non-hydrogen) atoms. The smallest absolute Gasteiger partial charge is 0.407 e. The number of esters is 1. The zero-order chi connectivity index (χ0) is 34.8. The number of hydrogen-bond acceptors (Lipinski definition) is 10. The van der Waals surface area contributed by atoms with Gasteiger partial charge in [-0.1, -0.05) is 70.1 Å². The molecule has 1 aliphatic rings. The van der Waals surface area contributed by atoms with Crippen LogP contribution < -0.4 is 5.32 Å². The van der Waals surface area contributed by atoms with Gasteiger partial charge in [0, 0.05) is 48.1 Å². The number of nitrogens with one attached hydrogen (secondary N) is 1. The maximum atomic E-state index is 13.3. The Balaban J connectivity index is 1.59. The molecule has 258 valence electrons. The SMILES string of the molecule is C/N=N\C1=C(/C)c2ccccc2C(OC(=O)NCCC(C)(OCC(C)(C)SSCCOC(=O)C(C)(C)C)N(C)C)Cc2ccccc21. The molecular weight excluding hydrogens is 633 g/mol. The fourth-order valence-electron chi connectivity index (χ4n) is 4.95. The van der Waals surface area contributed by atoms with Gasteiger partial charge in [-0.15, -0.1) is 0 Å². The van der Waals surface area contributed by atoms with E-state index in [2.05, 4.69) is 35.5 Å². The molecule has 1 amide bonds. The summed E-state index contributed by atoms with van der Waals surface area (Å²) < 4.78 is 17.8. The normalized spacial score (nSPS) is 18.1. The molecule has 9 nitrogen and oxygen atoms in total. The van der Waals surface area contributed by atoms with Crippen LogP contribution in [0.1, 0.15) is 83.2 Å². The first kappa shape index (κ1) is 38.6. The molecule has 0 fully saturated rings. The van der Waals surface area contributed by atoms with E-state index in [4.69, 9.17) is 14.2 Å². The van der Waals surface area contributed by atoms with E-state index in [1.807, 2.05) is 96.1 Å². The molecule has 0 bridgehead atoms. The molecule has 0 aliphatic heterocycles. The molecule has 3 rings (SSSR count). The highest BCUT2D eigenvalue weighted by Gasteiger charge is 2.32. The third kappa shape index (κ3) is 11.1. The van der Waals surface area contributed by atoms with Crippen molar-refractivity contribution >= 4 is 44.9 Å². The Bertz CT molecular complexity index is 1440. The lowest BCUT2D eigenvalue weighted by Crippen LogP contribution is -2.48. The summed E-state index contributed by atoms with van der Waals surface area (Å²) >= 11 is 0. The predicted octanol–water partition coefficient (Wildman–Crippen LogP) is 8.41. The Morgan fingerprint density at radius 1 is 1.00 bits per heavy atom. The standard InChI is InChI=1S/C36H52N4O5S2/c1-25-27-16-13-14-18-29(27)30(23-26-15-11-12-17-28(26)31(25)39-37-8)45-33(42)38-20-19-36(7,40(9)10)44-24-35(5,6)47-46-22-21-43-32(41)34(2,3)4/h11-18,30H,19-24H2,1-10H3,(H,38,42)/b31-25+,39-37-. The molecule has 0 saturated heterocycles. The van der Waals surface area contributed by atoms with Crippen LogP contribution in [0.25, 0.3) is 11.3 Å². The summed E-state index contributed by atoms with van der Waals surface area (Å²) in [6.07, 6.45) is 0.117. The summed E-state index contributed by atoms with van der Waals surface area (Å²) in [5.41, 5.74) is 4.64. The van der Waals surface area contributed by atoms with Gasteiger partial charge in [-0.2, -0.15) is 10.2 Å².